The topological polar surface area (TPSA) is 8.17 Å². The van der Waals surface area contributed by atoms with Gasteiger partial charge >= 0.3 is 0 Å². The first kappa shape index (κ1) is 46.1. The number of anilines is 3. The van der Waals surface area contributed by atoms with Gasteiger partial charge in [-0.25, -0.2) is 0 Å². The highest BCUT2D eigenvalue weighted by molar-refractivity contribution is 6.11. The van der Waals surface area contributed by atoms with Crippen molar-refractivity contribution in [2.45, 2.75) is 5.41 Å². The van der Waals surface area contributed by atoms with Crippen LogP contribution < -0.4 is 4.90 Å². The second-order valence-electron chi connectivity index (χ2n) is 20.8. The van der Waals surface area contributed by atoms with Gasteiger partial charge in [0.05, 0.1) is 16.4 Å². The lowest BCUT2D eigenvalue weighted by atomic mass is 9.67. The van der Waals surface area contributed by atoms with E-state index in [1.165, 1.54) is 105 Å². The summed E-state index contributed by atoms with van der Waals surface area (Å²) in [5.74, 6) is 0. The molecule has 1 aliphatic carbocycles. The Morgan fingerprint density at radius 2 is 0.759 bits per heavy atom. The van der Waals surface area contributed by atoms with E-state index in [0.717, 1.165) is 28.3 Å². The van der Waals surface area contributed by atoms with Crippen LogP contribution in [-0.4, -0.2) is 4.57 Å². The number of para-hydroxylation sites is 1. The minimum atomic E-state index is -0.537. The molecule has 1 heterocycles. The van der Waals surface area contributed by atoms with E-state index in [9.17, 15) is 0 Å². The summed E-state index contributed by atoms with van der Waals surface area (Å²) >= 11 is 0. The molecule has 2 heteroatoms. The summed E-state index contributed by atoms with van der Waals surface area (Å²) in [6, 6.07) is 116. The molecule has 1 aromatic heterocycles. The molecule has 0 saturated carbocycles. The molecule has 79 heavy (non-hydrogen) atoms. The van der Waals surface area contributed by atoms with E-state index in [2.05, 4.69) is 325 Å². The minimum Gasteiger partial charge on any atom is -0.310 e. The lowest BCUT2D eigenvalue weighted by Gasteiger charge is -2.35. The molecule has 15 rings (SSSR count). The van der Waals surface area contributed by atoms with Crippen molar-refractivity contribution in [2.75, 3.05) is 4.90 Å². The summed E-state index contributed by atoms with van der Waals surface area (Å²) in [5, 5.41) is 4.84. The molecule has 370 valence electrons. The Morgan fingerprint density at radius 1 is 0.253 bits per heavy atom. The summed E-state index contributed by atoms with van der Waals surface area (Å²) < 4.78 is 2.45. The van der Waals surface area contributed by atoms with E-state index in [1.54, 1.807) is 0 Å². The first-order chi connectivity index (χ1) is 39.2. The molecule has 14 aromatic rings. The van der Waals surface area contributed by atoms with Crippen molar-refractivity contribution in [1.29, 1.82) is 0 Å². The Hall–Kier alpha value is -10.3. The lowest BCUT2D eigenvalue weighted by Crippen LogP contribution is -2.28. The van der Waals surface area contributed by atoms with Crippen LogP contribution in [0.4, 0.5) is 17.1 Å². The maximum atomic E-state index is 2.47. The molecule has 0 aliphatic heterocycles. The molecule has 0 fully saturated rings. The highest BCUT2D eigenvalue weighted by Gasteiger charge is 2.46. The zero-order chi connectivity index (χ0) is 52.3. The molecule has 0 unspecified atom stereocenters. The third-order valence-corrected chi connectivity index (χ3v) is 16.4. The Bertz CT molecular complexity index is 4500. The number of fused-ring (bicyclic) bond motifs is 7. The van der Waals surface area contributed by atoms with Crippen LogP contribution in [0, 0.1) is 0 Å². The van der Waals surface area contributed by atoms with Crippen LogP contribution in [0.1, 0.15) is 22.3 Å². The van der Waals surface area contributed by atoms with Gasteiger partial charge in [-0.15, -0.1) is 0 Å². The maximum Gasteiger partial charge on any atom is 0.0714 e. The van der Waals surface area contributed by atoms with Crippen molar-refractivity contribution in [3.8, 4) is 61.3 Å². The van der Waals surface area contributed by atoms with Crippen molar-refractivity contribution in [3.63, 3.8) is 0 Å². The second kappa shape index (κ2) is 19.1. The van der Waals surface area contributed by atoms with Gasteiger partial charge in [0, 0.05) is 33.5 Å². The fourth-order valence-corrected chi connectivity index (χ4v) is 12.9. The van der Waals surface area contributed by atoms with Crippen molar-refractivity contribution < 1.29 is 0 Å². The third kappa shape index (κ3) is 7.71. The zero-order valence-corrected chi connectivity index (χ0v) is 43.4. The molecule has 0 radical (unpaired) electrons. The van der Waals surface area contributed by atoms with E-state index in [-0.39, 0.29) is 0 Å². The molecule has 0 N–H and O–H groups in total. The summed E-state index contributed by atoms with van der Waals surface area (Å²) in [7, 11) is 0. The van der Waals surface area contributed by atoms with E-state index in [0.29, 0.717) is 0 Å². The third-order valence-electron chi connectivity index (χ3n) is 16.4. The second-order valence-corrected chi connectivity index (χ2v) is 20.8. The Labute approximate surface area is 461 Å². The Morgan fingerprint density at radius 3 is 1.46 bits per heavy atom. The Kier molecular flexibility index (Phi) is 11.1. The first-order valence-electron chi connectivity index (χ1n) is 27.3. The average molecular weight is 1010 g/mol. The number of nitrogens with zero attached hydrogens (tertiary/aromatic N) is 2. The highest BCUT2D eigenvalue weighted by atomic mass is 15.1. The van der Waals surface area contributed by atoms with Gasteiger partial charge in [-0.2, -0.15) is 0 Å². The van der Waals surface area contributed by atoms with E-state index < -0.39 is 5.41 Å². The van der Waals surface area contributed by atoms with Gasteiger partial charge in [-0.05, 0) is 161 Å². The van der Waals surface area contributed by atoms with Crippen LogP contribution in [0.3, 0.4) is 0 Å². The molecule has 0 spiro atoms. The molecule has 0 bridgehead atoms. The number of rotatable bonds is 10. The molecule has 1 aliphatic rings. The molecule has 0 amide bonds. The van der Waals surface area contributed by atoms with Gasteiger partial charge in [0.25, 0.3) is 0 Å². The first-order valence-corrected chi connectivity index (χ1v) is 27.3. The summed E-state index contributed by atoms with van der Waals surface area (Å²) in [4.78, 5) is 2.46. The van der Waals surface area contributed by atoms with Crippen LogP contribution in [0.5, 0.6) is 0 Å². The summed E-state index contributed by atoms with van der Waals surface area (Å²) in [6.07, 6.45) is 0. The highest BCUT2D eigenvalue weighted by Crippen LogP contribution is 2.57. The van der Waals surface area contributed by atoms with Crippen LogP contribution in [0.25, 0.3) is 93.9 Å². The van der Waals surface area contributed by atoms with Crippen LogP contribution in [0.15, 0.2) is 315 Å². The van der Waals surface area contributed by atoms with Gasteiger partial charge < -0.3 is 9.47 Å². The van der Waals surface area contributed by atoms with Crippen molar-refractivity contribution in [1.82, 2.24) is 4.57 Å². The Balaban J connectivity index is 0.884. The predicted octanol–water partition coefficient (Wildman–Crippen LogP) is 20.4. The fraction of sp³-hybridized carbons (Fsp3) is 0.0130. The smallest absolute Gasteiger partial charge is 0.0714 e. The summed E-state index contributed by atoms with van der Waals surface area (Å²) in [5.41, 5.74) is 23.2. The van der Waals surface area contributed by atoms with Gasteiger partial charge in [0.2, 0.25) is 0 Å². The van der Waals surface area contributed by atoms with Gasteiger partial charge in [0.15, 0.2) is 0 Å². The predicted molar refractivity (Wildman–Crippen MR) is 332 cm³/mol. The van der Waals surface area contributed by atoms with Crippen molar-refractivity contribution >= 4 is 49.6 Å². The van der Waals surface area contributed by atoms with Crippen LogP contribution in [-0.2, 0) is 5.41 Å². The molecular formula is C77H52N2. The van der Waals surface area contributed by atoms with E-state index in [4.69, 9.17) is 0 Å². The number of benzene rings is 13. The standard InChI is InChI=1S/C77H52N2/c1-5-22-53(23-6-1)59-46-60(54-24-7-2-8-25-54)50-66(49-59)79-75-39-20-18-37-71(75)72-51-58(41-45-76(72)79)68-35-16-15-34-67(68)57-28-21-33-63(48-57)78(64-42-40-55-26-13-14-27-56(55)47-64)65-43-44-70-69-36-17-19-38-73(69)77(74(70)52-65,61-29-9-3-10-30-61)62-31-11-4-12-32-62/h1-52H. The monoisotopic (exact) mass is 1000 g/mol. The van der Waals surface area contributed by atoms with Crippen molar-refractivity contribution in [3.05, 3.63) is 338 Å². The minimum absolute atomic E-state index is 0.537. The average Bonchev–Trinajstić information content (AvgIpc) is 4.06. The largest absolute Gasteiger partial charge is 0.310 e. The zero-order valence-electron chi connectivity index (χ0n) is 43.4. The van der Waals surface area contributed by atoms with Crippen LogP contribution in [0.2, 0.25) is 0 Å². The van der Waals surface area contributed by atoms with E-state index >= 15 is 0 Å². The van der Waals surface area contributed by atoms with Gasteiger partial charge in [-0.1, -0.05) is 243 Å². The molecular weight excluding hydrogens is 953 g/mol. The number of hydrogen-bond donors (Lipinski definition) is 0. The quantitative estimate of drug-likeness (QED) is 0.133. The number of aromatic nitrogens is 1. The molecule has 0 saturated heterocycles. The number of hydrogen-bond acceptors (Lipinski definition) is 1. The SMILES string of the molecule is c1ccc(-c2cc(-c3ccccc3)cc(-n3c4ccccc4c4cc(-c5ccccc5-c5cccc(N(c6ccc7c(c6)C(c6ccccc6)(c6ccccc6)c6ccccc6-7)c6ccc7ccccc7c6)c5)ccc43)c2)cc1. The fourth-order valence-electron chi connectivity index (χ4n) is 12.9. The van der Waals surface area contributed by atoms with E-state index in [1.807, 2.05) is 0 Å². The van der Waals surface area contributed by atoms with Crippen LogP contribution >= 0.6 is 0 Å². The van der Waals surface area contributed by atoms with Gasteiger partial charge in [0.1, 0.15) is 0 Å². The molecule has 0 atom stereocenters. The van der Waals surface area contributed by atoms with Gasteiger partial charge in [-0.3, -0.25) is 0 Å². The molecule has 13 aromatic carbocycles. The lowest BCUT2D eigenvalue weighted by molar-refractivity contribution is 0.768. The normalized spacial score (nSPS) is 12.4. The summed E-state index contributed by atoms with van der Waals surface area (Å²) in [6.45, 7) is 0. The van der Waals surface area contributed by atoms with Crippen molar-refractivity contribution in [2.24, 2.45) is 0 Å². The maximum absolute atomic E-state index is 2.47. The molecule has 2 nitrogen and oxygen atoms in total.